The van der Waals surface area contributed by atoms with Crippen molar-refractivity contribution in [2.45, 2.75) is 0 Å². The van der Waals surface area contributed by atoms with Gasteiger partial charge in [0.2, 0.25) is 0 Å². The van der Waals surface area contributed by atoms with E-state index in [1.807, 2.05) is 24.3 Å². The molecule has 0 aliphatic heterocycles. The van der Waals surface area contributed by atoms with Crippen LogP contribution in [0.3, 0.4) is 0 Å². The highest BCUT2D eigenvalue weighted by atomic mass is 16.3. The Labute approximate surface area is 242 Å². The largest absolute Gasteiger partial charge is 0.456 e. The monoisotopic (exact) mass is 536 g/mol. The number of fused-ring (bicyclic) bond motifs is 5. The van der Waals surface area contributed by atoms with Crippen LogP contribution in [0.5, 0.6) is 0 Å². The van der Waals surface area contributed by atoms with Gasteiger partial charge in [0.25, 0.3) is 0 Å². The Kier molecular flexibility index (Phi) is 4.93. The summed E-state index contributed by atoms with van der Waals surface area (Å²) in [6.07, 6.45) is 0. The molecule has 0 bridgehead atoms. The molecule has 196 valence electrons. The van der Waals surface area contributed by atoms with E-state index in [0.717, 1.165) is 66.1 Å². The Morgan fingerprint density at radius 2 is 0.833 bits per heavy atom. The fourth-order valence-corrected chi connectivity index (χ4v) is 6.64. The lowest BCUT2D eigenvalue weighted by molar-refractivity contribution is 0.631. The van der Waals surface area contributed by atoms with Gasteiger partial charge in [-0.05, 0) is 68.4 Å². The first-order valence-corrected chi connectivity index (χ1v) is 14.3. The maximum Gasteiger partial charge on any atom is 0.136 e. The zero-order valence-electron chi connectivity index (χ0n) is 22.7. The van der Waals surface area contributed by atoms with Gasteiger partial charge in [0.15, 0.2) is 0 Å². The van der Waals surface area contributed by atoms with Crippen LogP contribution < -0.4 is 0 Å². The summed E-state index contributed by atoms with van der Waals surface area (Å²) in [5.41, 5.74) is 6.33. The van der Waals surface area contributed by atoms with Crippen molar-refractivity contribution >= 4 is 54.3 Å². The molecule has 9 rings (SSSR count). The Bertz CT molecular complexity index is 2390. The van der Waals surface area contributed by atoms with Crippen molar-refractivity contribution in [3.05, 3.63) is 146 Å². The van der Waals surface area contributed by atoms with Crippen LogP contribution in [0.15, 0.2) is 154 Å². The molecule has 7 aromatic carbocycles. The van der Waals surface area contributed by atoms with E-state index in [-0.39, 0.29) is 0 Å². The van der Waals surface area contributed by atoms with Crippen molar-refractivity contribution in [3.63, 3.8) is 0 Å². The molecular weight excluding hydrogens is 512 g/mol. The summed E-state index contributed by atoms with van der Waals surface area (Å²) in [7, 11) is 0. The number of furan rings is 2. The molecule has 9 aromatic rings. The van der Waals surface area contributed by atoms with Crippen molar-refractivity contribution in [1.82, 2.24) is 0 Å². The van der Waals surface area contributed by atoms with Gasteiger partial charge in [-0.1, -0.05) is 115 Å². The Hall–Kier alpha value is -5.60. The van der Waals surface area contributed by atoms with E-state index in [1.165, 1.54) is 21.9 Å². The van der Waals surface area contributed by atoms with Crippen molar-refractivity contribution in [1.29, 1.82) is 0 Å². The molecule has 0 radical (unpaired) electrons. The molecule has 0 saturated carbocycles. The molecule has 0 aliphatic carbocycles. The van der Waals surface area contributed by atoms with Crippen LogP contribution in [0.25, 0.3) is 88.0 Å². The smallest absolute Gasteiger partial charge is 0.136 e. The highest BCUT2D eigenvalue weighted by Crippen LogP contribution is 2.50. The van der Waals surface area contributed by atoms with E-state index in [0.29, 0.717) is 0 Å². The lowest BCUT2D eigenvalue weighted by Gasteiger charge is -2.20. The molecule has 2 heterocycles. The molecule has 0 fully saturated rings. The van der Waals surface area contributed by atoms with Gasteiger partial charge in [-0.3, -0.25) is 0 Å². The van der Waals surface area contributed by atoms with Crippen LogP contribution in [0.4, 0.5) is 0 Å². The Morgan fingerprint density at radius 3 is 1.48 bits per heavy atom. The molecular formula is C40H24O2. The van der Waals surface area contributed by atoms with Gasteiger partial charge in [-0.25, -0.2) is 0 Å². The molecule has 0 aliphatic rings. The minimum absolute atomic E-state index is 0.862. The predicted octanol–water partition coefficient (Wildman–Crippen LogP) is 11.6. The molecule has 0 spiro atoms. The molecule has 2 nitrogen and oxygen atoms in total. The molecule has 0 amide bonds. The fraction of sp³-hybridized carbons (Fsp3) is 0. The van der Waals surface area contributed by atoms with Crippen LogP contribution >= 0.6 is 0 Å². The third-order valence-electron chi connectivity index (χ3n) is 8.44. The van der Waals surface area contributed by atoms with E-state index in [4.69, 9.17) is 8.83 Å². The minimum atomic E-state index is 0.862. The highest BCUT2D eigenvalue weighted by molar-refractivity contribution is 6.28. The Morgan fingerprint density at radius 1 is 0.333 bits per heavy atom. The van der Waals surface area contributed by atoms with Gasteiger partial charge in [0.05, 0.1) is 0 Å². The second-order valence-electron chi connectivity index (χ2n) is 10.9. The third kappa shape index (κ3) is 3.39. The maximum absolute atomic E-state index is 6.64. The first-order chi connectivity index (χ1) is 20.8. The molecule has 0 unspecified atom stereocenters. The number of hydrogen-bond acceptors (Lipinski definition) is 2. The molecule has 2 heteroatoms. The second-order valence-corrected chi connectivity index (χ2v) is 10.9. The first kappa shape index (κ1) is 23.1. The fourth-order valence-electron chi connectivity index (χ4n) is 6.64. The highest BCUT2D eigenvalue weighted by Gasteiger charge is 2.24. The van der Waals surface area contributed by atoms with Crippen LogP contribution in [0.1, 0.15) is 0 Å². The quantitative estimate of drug-likeness (QED) is 0.210. The number of hydrogen-bond donors (Lipinski definition) is 0. The summed E-state index contributed by atoms with van der Waals surface area (Å²) in [6.45, 7) is 0. The molecule has 0 saturated heterocycles. The summed E-state index contributed by atoms with van der Waals surface area (Å²) in [5.74, 6) is 1.73. The van der Waals surface area contributed by atoms with E-state index in [9.17, 15) is 0 Å². The van der Waals surface area contributed by atoms with E-state index in [1.54, 1.807) is 0 Å². The third-order valence-corrected chi connectivity index (χ3v) is 8.44. The van der Waals surface area contributed by atoms with Crippen molar-refractivity contribution in [3.8, 4) is 33.8 Å². The molecule has 42 heavy (non-hydrogen) atoms. The van der Waals surface area contributed by atoms with Gasteiger partial charge in [0.1, 0.15) is 22.7 Å². The zero-order valence-corrected chi connectivity index (χ0v) is 22.7. The van der Waals surface area contributed by atoms with Crippen LogP contribution in [0.2, 0.25) is 0 Å². The minimum Gasteiger partial charge on any atom is -0.456 e. The van der Waals surface area contributed by atoms with Gasteiger partial charge in [-0.2, -0.15) is 0 Å². The van der Waals surface area contributed by atoms with Gasteiger partial charge in [0, 0.05) is 27.3 Å². The maximum atomic E-state index is 6.64. The van der Waals surface area contributed by atoms with Crippen LogP contribution in [-0.4, -0.2) is 0 Å². The zero-order chi connectivity index (χ0) is 27.6. The average Bonchev–Trinajstić information content (AvgIpc) is 3.67. The van der Waals surface area contributed by atoms with Crippen molar-refractivity contribution < 1.29 is 8.83 Å². The molecule has 2 aromatic heterocycles. The van der Waals surface area contributed by atoms with Gasteiger partial charge >= 0.3 is 0 Å². The summed E-state index contributed by atoms with van der Waals surface area (Å²) in [5, 5.41) is 9.14. The summed E-state index contributed by atoms with van der Waals surface area (Å²) >= 11 is 0. The van der Waals surface area contributed by atoms with Crippen molar-refractivity contribution in [2.75, 3.05) is 0 Å². The summed E-state index contributed by atoms with van der Waals surface area (Å²) in [6, 6.07) is 51.2. The van der Waals surface area contributed by atoms with E-state index < -0.39 is 0 Å². The predicted molar refractivity (Wildman–Crippen MR) is 175 cm³/mol. The SMILES string of the molecule is c1ccc(-c2c3ccccc3cc3c(-c4cc5ccccc5o4)c4ccccc4c(-c4cc5ccccc5o4)c23)cc1. The second kappa shape index (κ2) is 8.95. The van der Waals surface area contributed by atoms with Crippen LogP contribution in [0, 0.1) is 0 Å². The molecule has 0 N–H and O–H groups in total. The average molecular weight is 537 g/mol. The van der Waals surface area contributed by atoms with Crippen molar-refractivity contribution in [2.24, 2.45) is 0 Å². The lowest BCUT2D eigenvalue weighted by atomic mass is 9.83. The van der Waals surface area contributed by atoms with E-state index in [2.05, 4.69) is 121 Å². The van der Waals surface area contributed by atoms with E-state index >= 15 is 0 Å². The summed E-state index contributed by atoms with van der Waals surface area (Å²) in [4.78, 5) is 0. The topological polar surface area (TPSA) is 26.3 Å². The Balaban J connectivity index is 1.56. The van der Waals surface area contributed by atoms with Gasteiger partial charge in [-0.15, -0.1) is 0 Å². The van der Waals surface area contributed by atoms with Gasteiger partial charge < -0.3 is 8.83 Å². The van der Waals surface area contributed by atoms with Crippen LogP contribution in [-0.2, 0) is 0 Å². The number of benzene rings is 7. The number of para-hydroxylation sites is 2. The first-order valence-electron chi connectivity index (χ1n) is 14.3. The standard InChI is InChI=1S/C40H24O2/c1-2-12-25(13-3-1)37-29-17-7-4-14-26(29)22-32-38(35-23-27-15-5-10-20-33(27)41-35)30-18-8-9-19-31(30)39(40(32)37)36-24-28-16-6-11-21-34(28)42-36/h1-24H. The normalized spacial score (nSPS) is 11.8. The summed E-state index contributed by atoms with van der Waals surface area (Å²) < 4.78 is 13.2. The molecule has 0 atom stereocenters. The number of rotatable bonds is 3. The lowest BCUT2D eigenvalue weighted by Crippen LogP contribution is -1.93.